The van der Waals surface area contributed by atoms with Crippen LogP contribution in [0.4, 0.5) is 0 Å². The van der Waals surface area contributed by atoms with E-state index in [4.69, 9.17) is 4.74 Å². The van der Waals surface area contributed by atoms with E-state index in [1.165, 1.54) is 0 Å². The molecule has 0 amide bonds. The van der Waals surface area contributed by atoms with Crippen LogP contribution >= 0.6 is 0 Å². The van der Waals surface area contributed by atoms with Crippen LogP contribution in [-0.2, 0) is 9.53 Å². The zero-order chi connectivity index (χ0) is 24.1. The van der Waals surface area contributed by atoms with Gasteiger partial charge in [0.15, 0.2) is 5.78 Å². The number of fused-ring (bicyclic) bond motifs is 1. The summed E-state index contributed by atoms with van der Waals surface area (Å²) in [5.41, 5.74) is 0.463. The van der Waals surface area contributed by atoms with Gasteiger partial charge in [0, 0.05) is 22.8 Å². The number of hydrogen-bond donors (Lipinski definition) is 3. The van der Waals surface area contributed by atoms with Crippen molar-refractivity contribution in [1.82, 2.24) is 0 Å². The largest absolute Gasteiger partial charge is 0.393 e. The first-order valence-corrected chi connectivity index (χ1v) is 13.4. The normalized spacial score (nSPS) is 51.2. The summed E-state index contributed by atoms with van der Waals surface area (Å²) in [6.45, 7) is 13.0. The standard InChI is InChI=1S/C28H44O5/c1-14(2)15(3)22(30)18-7-8-19(16(18)4)26(5)11-10-20-21(24(26)32)23(31)25-28(33-25)13-17(29)9-12-27(20,28)6/h14-19,22-23,25,29-31H,7-13H2,1-6H3/t15-,16-,17+,18+,19-,22-,23-,25+,26-,27-,28+/m1/s1. The molecule has 0 aromatic carbocycles. The molecule has 3 fully saturated rings. The van der Waals surface area contributed by atoms with Crippen molar-refractivity contribution in [1.29, 1.82) is 0 Å². The Labute approximate surface area is 199 Å². The average Bonchev–Trinajstić information content (AvgIpc) is 3.36. The molecule has 1 spiro atoms. The van der Waals surface area contributed by atoms with Crippen LogP contribution in [0.5, 0.6) is 0 Å². The van der Waals surface area contributed by atoms with Gasteiger partial charge in [-0.25, -0.2) is 0 Å². The number of Topliss-reactive ketones (excluding diaryl/α,β-unsaturated/α-hetero) is 1. The Bertz CT molecular complexity index is 864. The Morgan fingerprint density at radius 3 is 2.42 bits per heavy atom. The van der Waals surface area contributed by atoms with Crippen molar-refractivity contribution < 1.29 is 24.9 Å². The molecule has 1 heterocycles. The van der Waals surface area contributed by atoms with Crippen LogP contribution in [0.2, 0.25) is 0 Å². The van der Waals surface area contributed by atoms with Gasteiger partial charge in [-0.1, -0.05) is 47.1 Å². The molecule has 186 valence electrons. The summed E-state index contributed by atoms with van der Waals surface area (Å²) in [6, 6.07) is 0. The summed E-state index contributed by atoms with van der Waals surface area (Å²) in [5.74, 6) is 1.50. The highest BCUT2D eigenvalue weighted by Gasteiger charge is 2.76. The smallest absolute Gasteiger partial charge is 0.167 e. The van der Waals surface area contributed by atoms with E-state index in [2.05, 4.69) is 41.5 Å². The van der Waals surface area contributed by atoms with Crippen LogP contribution in [0.25, 0.3) is 0 Å². The monoisotopic (exact) mass is 460 g/mol. The zero-order valence-corrected chi connectivity index (χ0v) is 21.3. The van der Waals surface area contributed by atoms with Gasteiger partial charge in [-0.05, 0) is 68.1 Å². The van der Waals surface area contributed by atoms with Gasteiger partial charge in [0.05, 0.1) is 12.2 Å². The molecule has 0 bridgehead atoms. The lowest BCUT2D eigenvalue weighted by molar-refractivity contribution is -0.131. The molecular formula is C28H44O5. The van der Waals surface area contributed by atoms with E-state index in [9.17, 15) is 20.1 Å². The van der Waals surface area contributed by atoms with E-state index in [0.29, 0.717) is 17.9 Å². The molecule has 5 heteroatoms. The maximum atomic E-state index is 14.2. The number of ether oxygens (including phenoxy) is 1. The number of rotatable bonds is 4. The van der Waals surface area contributed by atoms with Gasteiger partial charge < -0.3 is 20.1 Å². The van der Waals surface area contributed by atoms with Crippen molar-refractivity contribution in [3.8, 4) is 0 Å². The summed E-state index contributed by atoms with van der Waals surface area (Å²) in [5, 5.41) is 32.7. The summed E-state index contributed by atoms with van der Waals surface area (Å²) >= 11 is 0. The van der Waals surface area contributed by atoms with Gasteiger partial charge >= 0.3 is 0 Å². The topological polar surface area (TPSA) is 90.3 Å². The second kappa shape index (κ2) is 7.62. The molecule has 5 rings (SSSR count). The lowest BCUT2D eigenvalue weighted by atomic mass is 9.50. The number of carbonyl (C=O) groups excluding carboxylic acids is 1. The summed E-state index contributed by atoms with van der Waals surface area (Å²) in [7, 11) is 0. The van der Waals surface area contributed by atoms with Crippen LogP contribution in [0.3, 0.4) is 0 Å². The fourth-order valence-electron chi connectivity index (χ4n) is 8.70. The maximum absolute atomic E-state index is 14.2. The van der Waals surface area contributed by atoms with E-state index in [1.54, 1.807) is 0 Å². The SMILES string of the molecule is CC(C)[C@@H](C)[C@@H](O)[C@H]1CC[C@@H]([C@@]2(C)CCC3=C(C2=O)[C@@H](O)[C@@H]2O[C@@]24C[C@@H](O)CC[C@]34C)[C@@H]1C. The van der Waals surface area contributed by atoms with Gasteiger partial charge in [-0.2, -0.15) is 0 Å². The number of aliphatic hydroxyl groups excluding tert-OH is 3. The molecule has 33 heavy (non-hydrogen) atoms. The molecule has 2 saturated carbocycles. The predicted octanol–water partition coefficient (Wildman–Crippen LogP) is 4.03. The third-order valence-electron chi connectivity index (χ3n) is 11.4. The fraction of sp³-hybridized carbons (Fsp3) is 0.893. The van der Waals surface area contributed by atoms with E-state index >= 15 is 0 Å². The molecule has 5 nitrogen and oxygen atoms in total. The van der Waals surface area contributed by atoms with Crippen molar-refractivity contribution in [2.24, 2.45) is 40.4 Å². The maximum Gasteiger partial charge on any atom is 0.167 e. The minimum atomic E-state index is -0.885. The Morgan fingerprint density at radius 1 is 1.06 bits per heavy atom. The average molecular weight is 461 g/mol. The predicted molar refractivity (Wildman–Crippen MR) is 126 cm³/mol. The van der Waals surface area contributed by atoms with Crippen molar-refractivity contribution in [3.63, 3.8) is 0 Å². The third-order valence-corrected chi connectivity index (χ3v) is 11.4. The molecule has 0 unspecified atom stereocenters. The number of carbonyl (C=O) groups is 1. The summed E-state index contributed by atoms with van der Waals surface area (Å²) in [6.07, 6.45) is 3.64. The Kier molecular flexibility index (Phi) is 5.54. The summed E-state index contributed by atoms with van der Waals surface area (Å²) in [4.78, 5) is 14.2. The van der Waals surface area contributed by atoms with Crippen molar-refractivity contribution >= 4 is 5.78 Å². The number of epoxide rings is 1. The second-order valence-corrected chi connectivity index (χ2v) is 13.0. The highest BCUT2D eigenvalue weighted by Crippen LogP contribution is 2.69. The van der Waals surface area contributed by atoms with Crippen LogP contribution in [0, 0.1) is 40.4 Å². The van der Waals surface area contributed by atoms with Crippen molar-refractivity contribution in [3.05, 3.63) is 11.1 Å². The highest BCUT2D eigenvalue weighted by atomic mass is 16.6. The molecule has 1 saturated heterocycles. The third kappa shape index (κ3) is 3.07. The van der Waals surface area contributed by atoms with Gasteiger partial charge in [0.2, 0.25) is 0 Å². The number of ketones is 1. The zero-order valence-electron chi connectivity index (χ0n) is 21.3. The first-order chi connectivity index (χ1) is 15.4. The molecule has 0 aromatic heterocycles. The quantitative estimate of drug-likeness (QED) is 0.551. The minimum Gasteiger partial charge on any atom is -0.393 e. The molecule has 0 radical (unpaired) electrons. The van der Waals surface area contributed by atoms with Crippen LogP contribution in [-0.4, -0.2) is 51.1 Å². The fourth-order valence-corrected chi connectivity index (χ4v) is 8.70. The lowest BCUT2D eigenvalue weighted by Gasteiger charge is -2.52. The van der Waals surface area contributed by atoms with E-state index in [1.807, 2.05) is 0 Å². The van der Waals surface area contributed by atoms with E-state index < -0.39 is 23.2 Å². The van der Waals surface area contributed by atoms with E-state index in [0.717, 1.165) is 44.1 Å². The Hall–Kier alpha value is -0.750. The Balaban J connectivity index is 1.44. The highest BCUT2D eigenvalue weighted by molar-refractivity contribution is 6.03. The second-order valence-electron chi connectivity index (χ2n) is 13.0. The van der Waals surface area contributed by atoms with Crippen LogP contribution < -0.4 is 0 Å². The van der Waals surface area contributed by atoms with Crippen LogP contribution in [0.15, 0.2) is 11.1 Å². The number of aliphatic hydroxyl groups is 3. The molecule has 3 N–H and O–H groups in total. The first-order valence-electron chi connectivity index (χ1n) is 13.4. The van der Waals surface area contributed by atoms with Crippen molar-refractivity contribution in [2.75, 3.05) is 0 Å². The molecule has 4 aliphatic carbocycles. The van der Waals surface area contributed by atoms with Gasteiger partial charge in [0.25, 0.3) is 0 Å². The van der Waals surface area contributed by atoms with Crippen molar-refractivity contribution in [2.45, 2.75) is 117 Å². The number of hydrogen-bond acceptors (Lipinski definition) is 5. The molecule has 1 aliphatic heterocycles. The molecular weight excluding hydrogens is 416 g/mol. The minimum absolute atomic E-state index is 0.122. The van der Waals surface area contributed by atoms with Gasteiger partial charge in [-0.3, -0.25) is 4.79 Å². The van der Waals surface area contributed by atoms with Crippen LogP contribution in [0.1, 0.15) is 86.5 Å². The molecule has 5 aliphatic rings. The molecule has 11 atom stereocenters. The first kappa shape index (κ1) is 24.0. The van der Waals surface area contributed by atoms with Gasteiger partial charge in [0.1, 0.15) is 17.8 Å². The Morgan fingerprint density at radius 2 is 1.76 bits per heavy atom. The summed E-state index contributed by atoms with van der Waals surface area (Å²) < 4.78 is 6.17. The molecule has 0 aromatic rings. The van der Waals surface area contributed by atoms with Gasteiger partial charge in [-0.15, -0.1) is 0 Å². The lowest BCUT2D eigenvalue weighted by Crippen LogP contribution is -2.56. The van der Waals surface area contributed by atoms with E-state index in [-0.39, 0.29) is 47.1 Å².